The summed E-state index contributed by atoms with van der Waals surface area (Å²) in [6, 6.07) is 7.93. The summed E-state index contributed by atoms with van der Waals surface area (Å²) in [6.45, 7) is 0. The zero-order valence-corrected chi connectivity index (χ0v) is 9.05. The van der Waals surface area contributed by atoms with E-state index in [9.17, 15) is 0 Å². The number of nitrogens with zero attached hydrogens (tertiary/aromatic N) is 3. The fraction of sp³-hybridized carbons (Fsp3) is 0.250. The lowest BCUT2D eigenvalue weighted by atomic mass is 10.2. The average Bonchev–Trinajstić information content (AvgIpc) is 2.95. The Balaban J connectivity index is 1.86. The van der Waals surface area contributed by atoms with Crippen LogP contribution in [0.3, 0.4) is 0 Å². The fourth-order valence-corrected chi connectivity index (χ4v) is 1.96. The van der Waals surface area contributed by atoms with Gasteiger partial charge in [-0.15, -0.1) is 0 Å². The number of rotatable bonds is 2. The highest BCUT2D eigenvalue weighted by Gasteiger charge is 2.30. The molecule has 1 N–H and O–H groups in total. The van der Waals surface area contributed by atoms with Gasteiger partial charge in [-0.3, -0.25) is 5.10 Å². The molecule has 2 aromatic heterocycles. The number of benzene rings is 1. The van der Waals surface area contributed by atoms with Gasteiger partial charge in [0.1, 0.15) is 5.69 Å². The van der Waals surface area contributed by atoms with Crippen LogP contribution in [0.4, 0.5) is 0 Å². The second kappa shape index (κ2) is 3.16. The van der Waals surface area contributed by atoms with E-state index in [4.69, 9.17) is 4.52 Å². The van der Waals surface area contributed by atoms with Crippen LogP contribution < -0.4 is 0 Å². The van der Waals surface area contributed by atoms with Crippen molar-refractivity contribution in [3.63, 3.8) is 0 Å². The molecule has 0 spiro atoms. The minimum Gasteiger partial charge on any atom is -0.339 e. The van der Waals surface area contributed by atoms with Crippen molar-refractivity contribution in [3.8, 4) is 11.5 Å². The number of fused-ring (bicyclic) bond motifs is 1. The smallest absolute Gasteiger partial charge is 0.230 e. The van der Waals surface area contributed by atoms with E-state index in [2.05, 4.69) is 20.3 Å². The summed E-state index contributed by atoms with van der Waals surface area (Å²) in [4.78, 5) is 4.40. The summed E-state index contributed by atoms with van der Waals surface area (Å²) in [5.41, 5.74) is 1.75. The molecule has 0 saturated heterocycles. The van der Waals surface area contributed by atoms with Crippen molar-refractivity contribution in [2.75, 3.05) is 0 Å². The maximum atomic E-state index is 5.25. The summed E-state index contributed by atoms with van der Waals surface area (Å²) in [7, 11) is 0. The lowest BCUT2D eigenvalue weighted by molar-refractivity contribution is 0.380. The van der Waals surface area contributed by atoms with Crippen LogP contribution in [0.5, 0.6) is 0 Å². The van der Waals surface area contributed by atoms with Crippen LogP contribution in [0.25, 0.3) is 22.4 Å². The molecule has 0 unspecified atom stereocenters. The van der Waals surface area contributed by atoms with Crippen LogP contribution in [0.2, 0.25) is 0 Å². The molecule has 1 aliphatic carbocycles. The molecule has 0 radical (unpaired) electrons. The van der Waals surface area contributed by atoms with Crippen molar-refractivity contribution in [1.82, 2.24) is 20.3 Å². The Hall–Kier alpha value is -2.17. The van der Waals surface area contributed by atoms with Gasteiger partial charge < -0.3 is 4.52 Å². The minimum absolute atomic E-state index is 0.474. The van der Waals surface area contributed by atoms with Gasteiger partial charge in [-0.05, 0) is 18.9 Å². The zero-order valence-electron chi connectivity index (χ0n) is 9.05. The first-order chi connectivity index (χ1) is 8.42. The fourth-order valence-electron chi connectivity index (χ4n) is 1.96. The number of hydrogen-bond donors (Lipinski definition) is 1. The molecular weight excluding hydrogens is 216 g/mol. The molecule has 0 bridgehead atoms. The minimum atomic E-state index is 0.474. The average molecular weight is 226 g/mol. The van der Waals surface area contributed by atoms with E-state index in [-0.39, 0.29) is 0 Å². The van der Waals surface area contributed by atoms with E-state index in [0.717, 1.165) is 35.3 Å². The lowest BCUT2D eigenvalue weighted by Gasteiger charge is -1.88. The normalized spacial score (nSPS) is 15.5. The number of aromatic nitrogens is 4. The quantitative estimate of drug-likeness (QED) is 0.728. The van der Waals surface area contributed by atoms with Crippen molar-refractivity contribution < 1.29 is 4.52 Å². The number of nitrogens with one attached hydrogen (secondary N) is 1. The Labute approximate surface area is 96.8 Å². The molecule has 5 heteroatoms. The SMILES string of the molecule is c1ccc2c(-c3noc(C4CC4)n3)n[nH]c2c1. The second-order valence-corrected chi connectivity index (χ2v) is 4.35. The standard InChI is InChI=1S/C12H10N4O/c1-2-4-9-8(3-1)10(15-14-9)11-13-12(17-16-11)7-5-6-7/h1-4,7H,5-6H2,(H,14,15). The molecule has 4 rings (SSSR count). The summed E-state index contributed by atoms with van der Waals surface area (Å²) < 4.78 is 5.25. The van der Waals surface area contributed by atoms with Gasteiger partial charge in [0.15, 0.2) is 0 Å². The maximum Gasteiger partial charge on any atom is 0.230 e. The topological polar surface area (TPSA) is 67.6 Å². The van der Waals surface area contributed by atoms with Gasteiger partial charge in [-0.2, -0.15) is 10.1 Å². The van der Waals surface area contributed by atoms with Crippen molar-refractivity contribution in [2.24, 2.45) is 0 Å². The van der Waals surface area contributed by atoms with Gasteiger partial charge in [0, 0.05) is 11.3 Å². The Bertz CT molecular complexity index is 680. The molecule has 1 aliphatic rings. The Morgan fingerprint density at radius 2 is 2.12 bits per heavy atom. The molecule has 17 heavy (non-hydrogen) atoms. The molecule has 2 heterocycles. The van der Waals surface area contributed by atoms with Gasteiger partial charge >= 0.3 is 0 Å². The Morgan fingerprint density at radius 3 is 3.00 bits per heavy atom. The van der Waals surface area contributed by atoms with Crippen molar-refractivity contribution >= 4 is 10.9 Å². The van der Waals surface area contributed by atoms with E-state index >= 15 is 0 Å². The van der Waals surface area contributed by atoms with E-state index in [1.165, 1.54) is 0 Å². The van der Waals surface area contributed by atoms with Crippen LogP contribution in [0.1, 0.15) is 24.7 Å². The molecule has 1 fully saturated rings. The Kier molecular flexibility index (Phi) is 1.66. The first-order valence-electron chi connectivity index (χ1n) is 5.69. The number of hydrogen-bond acceptors (Lipinski definition) is 4. The summed E-state index contributed by atoms with van der Waals surface area (Å²) >= 11 is 0. The van der Waals surface area contributed by atoms with Crippen LogP contribution in [-0.2, 0) is 0 Å². The molecule has 0 amide bonds. The van der Waals surface area contributed by atoms with Gasteiger partial charge in [-0.25, -0.2) is 0 Å². The van der Waals surface area contributed by atoms with E-state index in [1.54, 1.807) is 0 Å². The third-order valence-electron chi connectivity index (χ3n) is 3.05. The molecule has 1 saturated carbocycles. The predicted octanol–water partition coefficient (Wildman–Crippen LogP) is 2.49. The molecule has 0 aliphatic heterocycles. The predicted molar refractivity (Wildman–Crippen MR) is 61.4 cm³/mol. The van der Waals surface area contributed by atoms with Crippen LogP contribution in [0, 0.1) is 0 Å². The summed E-state index contributed by atoms with van der Waals surface area (Å²) in [6.07, 6.45) is 2.31. The van der Waals surface area contributed by atoms with Crippen LogP contribution in [0.15, 0.2) is 28.8 Å². The van der Waals surface area contributed by atoms with Gasteiger partial charge in [0.05, 0.1) is 5.52 Å². The maximum absolute atomic E-state index is 5.25. The number of para-hydroxylation sites is 1. The molecule has 5 nitrogen and oxygen atoms in total. The van der Waals surface area contributed by atoms with E-state index < -0.39 is 0 Å². The lowest BCUT2D eigenvalue weighted by Crippen LogP contribution is -1.83. The Morgan fingerprint density at radius 1 is 1.24 bits per heavy atom. The van der Waals surface area contributed by atoms with Gasteiger partial charge in [0.2, 0.25) is 11.7 Å². The second-order valence-electron chi connectivity index (χ2n) is 4.35. The van der Waals surface area contributed by atoms with Gasteiger partial charge in [0.25, 0.3) is 0 Å². The monoisotopic (exact) mass is 226 g/mol. The summed E-state index contributed by atoms with van der Waals surface area (Å²) in [5.74, 6) is 1.79. The third kappa shape index (κ3) is 1.35. The third-order valence-corrected chi connectivity index (χ3v) is 3.05. The zero-order chi connectivity index (χ0) is 11.2. The van der Waals surface area contributed by atoms with Crippen molar-refractivity contribution in [2.45, 2.75) is 18.8 Å². The summed E-state index contributed by atoms with van der Waals surface area (Å²) in [5, 5.41) is 12.2. The van der Waals surface area contributed by atoms with Crippen LogP contribution in [-0.4, -0.2) is 20.3 Å². The highest BCUT2D eigenvalue weighted by molar-refractivity contribution is 5.90. The van der Waals surface area contributed by atoms with Gasteiger partial charge in [-0.1, -0.05) is 23.4 Å². The first kappa shape index (κ1) is 8.92. The van der Waals surface area contributed by atoms with E-state index in [1.807, 2.05) is 24.3 Å². The largest absolute Gasteiger partial charge is 0.339 e. The number of H-pyrrole nitrogens is 1. The first-order valence-corrected chi connectivity index (χ1v) is 5.69. The molecule has 1 aromatic carbocycles. The molecule has 0 atom stereocenters. The number of aromatic amines is 1. The molecule has 84 valence electrons. The molecule has 3 aromatic rings. The van der Waals surface area contributed by atoms with Crippen molar-refractivity contribution in [1.29, 1.82) is 0 Å². The van der Waals surface area contributed by atoms with Crippen molar-refractivity contribution in [3.05, 3.63) is 30.2 Å². The highest BCUT2D eigenvalue weighted by Crippen LogP contribution is 2.39. The highest BCUT2D eigenvalue weighted by atomic mass is 16.5. The van der Waals surface area contributed by atoms with E-state index in [0.29, 0.717) is 11.7 Å². The van der Waals surface area contributed by atoms with Crippen LogP contribution >= 0.6 is 0 Å². The molecular formula is C12H10N4O.